The molecular formula is C13H15NO4. The lowest BCUT2D eigenvalue weighted by atomic mass is 10.1. The molecule has 1 aromatic rings. The summed E-state index contributed by atoms with van der Waals surface area (Å²) in [7, 11) is 1.52. The van der Waals surface area contributed by atoms with E-state index >= 15 is 0 Å². The van der Waals surface area contributed by atoms with Crippen molar-refractivity contribution in [2.45, 2.75) is 6.92 Å². The predicted octanol–water partition coefficient (Wildman–Crippen LogP) is 2.90. The van der Waals surface area contributed by atoms with Crippen LogP contribution in [0.15, 0.2) is 36.6 Å². The zero-order valence-corrected chi connectivity index (χ0v) is 10.4. The highest BCUT2D eigenvalue weighted by Gasteiger charge is 2.07. The van der Waals surface area contributed by atoms with Crippen LogP contribution in [0.2, 0.25) is 0 Å². The fourth-order valence-corrected chi connectivity index (χ4v) is 1.34. The van der Waals surface area contributed by atoms with E-state index in [4.69, 9.17) is 9.47 Å². The second-order valence-corrected chi connectivity index (χ2v) is 3.55. The number of benzene rings is 1. The number of allylic oxidation sites excluding steroid dienone is 1. The maximum atomic E-state index is 10.5. The quantitative estimate of drug-likeness (QED) is 0.442. The third-order valence-corrected chi connectivity index (χ3v) is 2.21. The molecule has 1 rings (SSSR count). The standard InChI is InChI=1S/C13H15NO4/c1-4-7-18-12-6-5-11(9-13(12)17-3)8-10(2)14(15)16/h4-6,8-9H,1,7H2,2-3H3/b10-8+. The van der Waals surface area contributed by atoms with Crippen LogP contribution in [-0.2, 0) is 0 Å². The predicted molar refractivity (Wildman–Crippen MR) is 69.3 cm³/mol. The summed E-state index contributed by atoms with van der Waals surface area (Å²) in [4.78, 5) is 10.1. The van der Waals surface area contributed by atoms with Crippen LogP contribution in [0.3, 0.4) is 0 Å². The first-order valence-electron chi connectivity index (χ1n) is 5.33. The summed E-state index contributed by atoms with van der Waals surface area (Å²) in [6, 6.07) is 5.13. The van der Waals surface area contributed by atoms with Gasteiger partial charge >= 0.3 is 0 Å². The Kier molecular flexibility index (Phi) is 4.92. The molecule has 0 N–H and O–H groups in total. The van der Waals surface area contributed by atoms with Crippen LogP contribution in [-0.4, -0.2) is 18.6 Å². The van der Waals surface area contributed by atoms with Gasteiger partial charge in [0.1, 0.15) is 6.61 Å². The van der Waals surface area contributed by atoms with Crippen LogP contribution < -0.4 is 9.47 Å². The third kappa shape index (κ3) is 3.62. The molecule has 5 nitrogen and oxygen atoms in total. The molecule has 0 atom stereocenters. The lowest BCUT2D eigenvalue weighted by Crippen LogP contribution is -1.97. The highest BCUT2D eigenvalue weighted by molar-refractivity contribution is 5.56. The normalized spacial score (nSPS) is 10.9. The van der Waals surface area contributed by atoms with Crippen molar-refractivity contribution in [3.05, 3.63) is 52.2 Å². The molecule has 0 saturated carbocycles. The molecule has 0 radical (unpaired) electrons. The second-order valence-electron chi connectivity index (χ2n) is 3.55. The molecule has 1 aromatic carbocycles. The first-order chi connectivity index (χ1) is 8.58. The van der Waals surface area contributed by atoms with Crippen molar-refractivity contribution in [2.24, 2.45) is 0 Å². The van der Waals surface area contributed by atoms with Gasteiger partial charge in [-0.3, -0.25) is 10.1 Å². The van der Waals surface area contributed by atoms with Crippen LogP contribution in [0.25, 0.3) is 6.08 Å². The first kappa shape index (κ1) is 13.8. The van der Waals surface area contributed by atoms with Crippen molar-refractivity contribution in [3.63, 3.8) is 0 Å². The van der Waals surface area contributed by atoms with Gasteiger partial charge in [-0.1, -0.05) is 18.7 Å². The van der Waals surface area contributed by atoms with E-state index < -0.39 is 4.92 Å². The molecule has 18 heavy (non-hydrogen) atoms. The Balaban J connectivity index is 3.01. The minimum atomic E-state index is -0.436. The molecule has 0 spiro atoms. The van der Waals surface area contributed by atoms with E-state index in [2.05, 4.69) is 6.58 Å². The summed E-state index contributed by atoms with van der Waals surface area (Å²) < 4.78 is 10.6. The summed E-state index contributed by atoms with van der Waals surface area (Å²) in [5.74, 6) is 1.11. The van der Waals surface area contributed by atoms with E-state index in [0.29, 0.717) is 23.7 Å². The molecule has 0 amide bonds. The van der Waals surface area contributed by atoms with Crippen molar-refractivity contribution in [2.75, 3.05) is 13.7 Å². The van der Waals surface area contributed by atoms with Gasteiger partial charge in [-0.25, -0.2) is 0 Å². The largest absolute Gasteiger partial charge is 0.493 e. The van der Waals surface area contributed by atoms with E-state index in [-0.39, 0.29) is 5.70 Å². The fourth-order valence-electron chi connectivity index (χ4n) is 1.34. The van der Waals surface area contributed by atoms with Crippen molar-refractivity contribution >= 4 is 6.08 Å². The van der Waals surface area contributed by atoms with E-state index in [1.54, 1.807) is 24.3 Å². The average Bonchev–Trinajstić information content (AvgIpc) is 2.36. The zero-order chi connectivity index (χ0) is 13.5. The SMILES string of the molecule is C=CCOc1ccc(/C=C(\C)[N+](=O)[O-])cc1OC. The van der Waals surface area contributed by atoms with E-state index in [0.717, 1.165) is 0 Å². The zero-order valence-electron chi connectivity index (χ0n) is 10.4. The molecular weight excluding hydrogens is 234 g/mol. The van der Waals surface area contributed by atoms with Crippen LogP contribution in [0.4, 0.5) is 0 Å². The summed E-state index contributed by atoms with van der Waals surface area (Å²) in [5.41, 5.74) is 0.754. The van der Waals surface area contributed by atoms with Gasteiger partial charge in [0.15, 0.2) is 11.5 Å². The van der Waals surface area contributed by atoms with Crippen LogP contribution in [0.1, 0.15) is 12.5 Å². The minimum Gasteiger partial charge on any atom is -0.493 e. The van der Waals surface area contributed by atoms with E-state index in [1.807, 2.05) is 0 Å². The molecule has 96 valence electrons. The van der Waals surface area contributed by atoms with Gasteiger partial charge in [0.25, 0.3) is 0 Å². The van der Waals surface area contributed by atoms with Gasteiger partial charge in [-0.05, 0) is 17.7 Å². The number of rotatable bonds is 6. The molecule has 0 aliphatic rings. The Labute approximate surface area is 105 Å². The molecule has 0 saturated heterocycles. The lowest BCUT2D eigenvalue weighted by Gasteiger charge is -2.09. The number of ether oxygens (including phenoxy) is 2. The van der Waals surface area contributed by atoms with Gasteiger partial charge in [0.2, 0.25) is 5.70 Å². The number of hydrogen-bond donors (Lipinski definition) is 0. The first-order valence-corrected chi connectivity index (χ1v) is 5.33. The molecule has 0 heterocycles. The maximum Gasteiger partial charge on any atom is 0.243 e. The Morgan fingerprint density at radius 3 is 2.78 bits per heavy atom. The van der Waals surface area contributed by atoms with Crippen molar-refractivity contribution < 1.29 is 14.4 Å². The molecule has 0 fully saturated rings. The van der Waals surface area contributed by atoms with Crippen molar-refractivity contribution in [1.29, 1.82) is 0 Å². The number of methoxy groups -OCH3 is 1. The highest BCUT2D eigenvalue weighted by Crippen LogP contribution is 2.28. The highest BCUT2D eigenvalue weighted by atomic mass is 16.6. The Hall–Kier alpha value is -2.30. The lowest BCUT2D eigenvalue weighted by molar-refractivity contribution is -0.422. The molecule has 0 unspecified atom stereocenters. The average molecular weight is 249 g/mol. The summed E-state index contributed by atoms with van der Waals surface area (Å²) >= 11 is 0. The van der Waals surface area contributed by atoms with Crippen LogP contribution >= 0.6 is 0 Å². The Morgan fingerprint density at radius 1 is 1.50 bits per heavy atom. The van der Waals surface area contributed by atoms with Gasteiger partial charge < -0.3 is 9.47 Å². The van der Waals surface area contributed by atoms with E-state index in [9.17, 15) is 10.1 Å². The monoisotopic (exact) mass is 249 g/mol. The molecule has 0 aliphatic heterocycles. The van der Waals surface area contributed by atoms with Crippen molar-refractivity contribution in [3.8, 4) is 11.5 Å². The van der Waals surface area contributed by atoms with Gasteiger partial charge in [-0.15, -0.1) is 0 Å². The number of hydrogen-bond acceptors (Lipinski definition) is 4. The third-order valence-electron chi connectivity index (χ3n) is 2.21. The second kappa shape index (κ2) is 6.44. The van der Waals surface area contributed by atoms with Gasteiger partial charge in [0.05, 0.1) is 12.0 Å². The van der Waals surface area contributed by atoms with Gasteiger partial charge in [-0.2, -0.15) is 0 Å². The smallest absolute Gasteiger partial charge is 0.243 e. The minimum absolute atomic E-state index is 0.0665. The number of nitrogens with zero attached hydrogens (tertiary/aromatic N) is 1. The van der Waals surface area contributed by atoms with Crippen molar-refractivity contribution in [1.82, 2.24) is 0 Å². The molecule has 0 aliphatic carbocycles. The Bertz CT molecular complexity index is 480. The van der Waals surface area contributed by atoms with Crippen LogP contribution in [0, 0.1) is 10.1 Å². The van der Waals surface area contributed by atoms with Gasteiger partial charge in [0, 0.05) is 13.0 Å². The molecule has 0 bridgehead atoms. The molecule has 0 aromatic heterocycles. The van der Waals surface area contributed by atoms with E-state index in [1.165, 1.54) is 20.1 Å². The Morgan fingerprint density at radius 2 is 2.22 bits per heavy atom. The summed E-state index contributed by atoms with van der Waals surface area (Å²) in [6.45, 7) is 5.37. The summed E-state index contributed by atoms with van der Waals surface area (Å²) in [6.07, 6.45) is 3.10. The van der Waals surface area contributed by atoms with Crippen LogP contribution in [0.5, 0.6) is 11.5 Å². The fraction of sp³-hybridized carbons (Fsp3) is 0.231. The summed E-state index contributed by atoms with van der Waals surface area (Å²) in [5, 5.41) is 10.5. The maximum absolute atomic E-state index is 10.5. The number of nitro groups is 1. The topological polar surface area (TPSA) is 61.6 Å². The molecule has 5 heteroatoms.